The second-order valence-electron chi connectivity index (χ2n) is 11.4. The molecule has 1 aromatic carbocycles. The van der Waals surface area contributed by atoms with Gasteiger partial charge in [-0.3, -0.25) is 4.79 Å². The van der Waals surface area contributed by atoms with Gasteiger partial charge in [-0.2, -0.15) is 4.98 Å². The zero-order valence-electron chi connectivity index (χ0n) is 21.3. The van der Waals surface area contributed by atoms with E-state index in [0.717, 1.165) is 47.6 Å². The molecule has 0 unspecified atom stereocenters. The highest BCUT2D eigenvalue weighted by Crippen LogP contribution is 2.63. The molecule has 0 spiro atoms. The summed E-state index contributed by atoms with van der Waals surface area (Å²) in [6, 6.07) is 11.4. The molecule has 184 valence electrons. The van der Waals surface area contributed by atoms with Crippen molar-refractivity contribution in [3.63, 3.8) is 0 Å². The summed E-state index contributed by atoms with van der Waals surface area (Å²) in [4.78, 5) is 26.7. The molecule has 1 aliphatic heterocycles. The van der Waals surface area contributed by atoms with Gasteiger partial charge in [-0.05, 0) is 94.6 Å². The third kappa shape index (κ3) is 3.80. The van der Waals surface area contributed by atoms with Gasteiger partial charge in [-0.1, -0.05) is 12.1 Å². The molecular formula is C28H36N6O. The van der Waals surface area contributed by atoms with E-state index in [0.29, 0.717) is 17.9 Å². The van der Waals surface area contributed by atoms with E-state index in [1.807, 2.05) is 26.4 Å². The molecule has 3 aromatic rings. The number of aromatic nitrogens is 3. The molecule has 2 aromatic heterocycles. The standard InChI is InChI=1S/C28H36N6O/c1-18(2)33-11-9-21(10-12-33)20-5-7-23(8-6-20)30-27-29-17-22-13-24(26(35)32(3)4)34(25(22)31-27)28-14-19(15-28)16-28/h5-8,13,17-19,21H,9-12,14-16H2,1-4H3,(H,29,30,31). The van der Waals surface area contributed by atoms with E-state index >= 15 is 0 Å². The molecule has 4 fully saturated rings. The lowest BCUT2D eigenvalue weighted by atomic mass is 9.49. The molecule has 7 rings (SSSR count). The predicted octanol–water partition coefficient (Wildman–Crippen LogP) is 4.97. The maximum absolute atomic E-state index is 13.0. The van der Waals surface area contributed by atoms with Gasteiger partial charge in [0.15, 0.2) is 0 Å². The smallest absolute Gasteiger partial charge is 0.270 e. The number of hydrogen-bond acceptors (Lipinski definition) is 5. The number of nitrogens with zero attached hydrogens (tertiary/aromatic N) is 5. The number of anilines is 2. The molecule has 0 atom stereocenters. The van der Waals surface area contributed by atoms with Crippen molar-refractivity contribution < 1.29 is 4.79 Å². The van der Waals surface area contributed by atoms with E-state index in [9.17, 15) is 4.79 Å². The van der Waals surface area contributed by atoms with Crippen LogP contribution >= 0.6 is 0 Å². The third-order valence-corrected chi connectivity index (χ3v) is 8.54. The minimum absolute atomic E-state index is 0.0250. The second-order valence-corrected chi connectivity index (χ2v) is 11.4. The minimum Gasteiger partial charge on any atom is -0.343 e. The predicted molar refractivity (Wildman–Crippen MR) is 139 cm³/mol. The van der Waals surface area contributed by atoms with Crippen LogP contribution in [-0.4, -0.2) is 63.5 Å². The molecule has 3 aliphatic carbocycles. The first-order chi connectivity index (χ1) is 16.8. The lowest BCUT2D eigenvalue weighted by molar-refractivity contribution is -0.0870. The average Bonchev–Trinajstić information content (AvgIpc) is 3.15. The summed E-state index contributed by atoms with van der Waals surface area (Å²) in [5, 5.41) is 4.32. The molecule has 7 heteroatoms. The first-order valence-electron chi connectivity index (χ1n) is 13.0. The average molecular weight is 473 g/mol. The Balaban J connectivity index is 1.23. The van der Waals surface area contributed by atoms with E-state index in [2.05, 4.69) is 57.9 Å². The van der Waals surface area contributed by atoms with Gasteiger partial charge >= 0.3 is 0 Å². The van der Waals surface area contributed by atoms with Crippen LogP contribution in [0.5, 0.6) is 0 Å². The van der Waals surface area contributed by atoms with Crippen molar-refractivity contribution in [3.8, 4) is 0 Å². The van der Waals surface area contributed by atoms with E-state index in [1.54, 1.807) is 4.90 Å². The minimum atomic E-state index is 0.0250. The van der Waals surface area contributed by atoms with E-state index in [4.69, 9.17) is 4.98 Å². The molecule has 1 saturated heterocycles. The zero-order chi connectivity index (χ0) is 24.3. The van der Waals surface area contributed by atoms with Crippen molar-refractivity contribution in [1.29, 1.82) is 0 Å². The molecule has 3 saturated carbocycles. The van der Waals surface area contributed by atoms with Crippen molar-refractivity contribution in [2.75, 3.05) is 32.5 Å². The van der Waals surface area contributed by atoms with Gasteiger partial charge in [0.2, 0.25) is 5.95 Å². The van der Waals surface area contributed by atoms with Gasteiger partial charge in [-0.25, -0.2) is 4.98 Å². The first-order valence-corrected chi connectivity index (χ1v) is 13.0. The Morgan fingerprint density at radius 3 is 2.37 bits per heavy atom. The number of nitrogens with one attached hydrogen (secondary N) is 1. The number of fused-ring (bicyclic) bond motifs is 1. The topological polar surface area (TPSA) is 66.3 Å². The number of benzene rings is 1. The maximum atomic E-state index is 13.0. The quantitative estimate of drug-likeness (QED) is 0.548. The SMILES string of the molecule is CC(C)N1CCC(c2ccc(Nc3ncc4cc(C(=O)N(C)C)n(C56CC(C5)C6)c4n3)cc2)CC1. The number of amides is 1. The van der Waals surface area contributed by atoms with Gasteiger partial charge in [0, 0.05) is 42.9 Å². The van der Waals surface area contributed by atoms with Gasteiger partial charge < -0.3 is 19.7 Å². The molecule has 3 heterocycles. The lowest BCUT2D eigenvalue weighted by Gasteiger charge is -2.62. The summed E-state index contributed by atoms with van der Waals surface area (Å²) in [5.74, 6) is 2.04. The Labute approximate surface area is 207 Å². The van der Waals surface area contributed by atoms with Crippen LogP contribution in [0.1, 0.15) is 67.9 Å². The summed E-state index contributed by atoms with van der Waals surface area (Å²) in [6.45, 7) is 6.92. The third-order valence-electron chi connectivity index (χ3n) is 8.54. The Hall–Kier alpha value is -2.93. The van der Waals surface area contributed by atoms with Gasteiger partial charge in [0.25, 0.3) is 5.91 Å². The number of carbonyl (C=O) groups excluding carboxylic acids is 1. The molecule has 4 aliphatic rings. The maximum Gasteiger partial charge on any atom is 0.270 e. The fourth-order valence-corrected chi connectivity index (χ4v) is 6.34. The molecule has 1 N–H and O–H groups in total. The number of piperidine rings is 1. The van der Waals surface area contributed by atoms with E-state index < -0.39 is 0 Å². The molecule has 2 bridgehead atoms. The normalized spacial score (nSPS) is 24.3. The van der Waals surface area contributed by atoms with Crippen LogP contribution < -0.4 is 5.32 Å². The largest absolute Gasteiger partial charge is 0.343 e. The highest BCUT2D eigenvalue weighted by molar-refractivity contribution is 5.98. The fourth-order valence-electron chi connectivity index (χ4n) is 6.34. The van der Waals surface area contributed by atoms with E-state index in [-0.39, 0.29) is 11.4 Å². The van der Waals surface area contributed by atoms with Crippen LogP contribution in [0.25, 0.3) is 11.0 Å². The number of rotatable bonds is 6. The van der Waals surface area contributed by atoms with Gasteiger partial charge in [0.1, 0.15) is 11.3 Å². The number of carbonyl (C=O) groups is 1. The Morgan fingerprint density at radius 1 is 1.11 bits per heavy atom. The summed E-state index contributed by atoms with van der Waals surface area (Å²) in [5.41, 5.74) is 4.05. The van der Waals surface area contributed by atoms with Crippen LogP contribution in [0.15, 0.2) is 36.5 Å². The summed E-state index contributed by atoms with van der Waals surface area (Å²) >= 11 is 0. The summed E-state index contributed by atoms with van der Waals surface area (Å²) < 4.78 is 2.21. The van der Waals surface area contributed by atoms with Crippen molar-refractivity contribution in [1.82, 2.24) is 24.3 Å². The van der Waals surface area contributed by atoms with Gasteiger partial charge in [-0.15, -0.1) is 0 Å². The van der Waals surface area contributed by atoms with Gasteiger partial charge in [0.05, 0.1) is 0 Å². The monoisotopic (exact) mass is 472 g/mol. The molecule has 7 nitrogen and oxygen atoms in total. The number of hydrogen-bond donors (Lipinski definition) is 1. The van der Waals surface area contributed by atoms with Crippen molar-refractivity contribution in [3.05, 3.63) is 47.8 Å². The molecule has 0 radical (unpaired) electrons. The lowest BCUT2D eigenvalue weighted by Crippen LogP contribution is -2.60. The number of likely N-dealkylation sites (tertiary alicyclic amines) is 1. The van der Waals surface area contributed by atoms with Crippen LogP contribution in [0.3, 0.4) is 0 Å². The highest BCUT2D eigenvalue weighted by atomic mass is 16.2. The molecule has 35 heavy (non-hydrogen) atoms. The van der Waals surface area contributed by atoms with E-state index in [1.165, 1.54) is 31.5 Å². The molecule has 1 amide bonds. The fraction of sp³-hybridized carbons (Fsp3) is 0.536. The summed E-state index contributed by atoms with van der Waals surface area (Å²) in [7, 11) is 3.62. The van der Waals surface area contributed by atoms with Crippen LogP contribution in [0.4, 0.5) is 11.6 Å². The summed E-state index contributed by atoms with van der Waals surface area (Å²) in [6.07, 6.45) is 7.73. The van der Waals surface area contributed by atoms with Crippen molar-refractivity contribution in [2.45, 2.75) is 63.5 Å². The molecular weight excluding hydrogens is 436 g/mol. The highest BCUT2D eigenvalue weighted by Gasteiger charge is 2.59. The van der Waals surface area contributed by atoms with Crippen molar-refractivity contribution >= 4 is 28.6 Å². The van der Waals surface area contributed by atoms with Crippen LogP contribution in [0, 0.1) is 5.92 Å². The van der Waals surface area contributed by atoms with Crippen LogP contribution in [0.2, 0.25) is 0 Å². The zero-order valence-corrected chi connectivity index (χ0v) is 21.3. The van der Waals surface area contributed by atoms with Crippen LogP contribution in [-0.2, 0) is 5.54 Å². The Bertz CT molecular complexity index is 1240. The Morgan fingerprint density at radius 2 is 1.80 bits per heavy atom. The Kier molecular flexibility index (Phi) is 5.36. The first kappa shape index (κ1) is 22.5. The van der Waals surface area contributed by atoms with Crippen molar-refractivity contribution in [2.24, 2.45) is 5.92 Å². The second kappa shape index (κ2) is 8.33.